The number of Topliss-reactive ketones (excluding diaryl/α,β-unsaturated/α-hetero) is 1. The maximum atomic E-state index is 13.2. The number of hydrogen-bond donors (Lipinski definition) is 3. The topological polar surface area (TPSA) is 113 Å². The molecule has 0 radical (unpaired) electrons. The van der Waals surface area contributed by atoms with Gasteiger partial charge in [0.15, 0.2) is 5.78 Å². The summed E-state index contributed by atoms with van der Waals surface area (Å²) in [4.78, 5) is 34.8. The number of nitrogens with zero attached hydrogens (tertiary/aromatic N) is 2. The van der Waals surface area contributed by atoms with Crippen LogP contribution in [0.2, 0.25) is 0 Å². The molecule has 4 N–H and O–H groups in total. The first-order chi connectivity index (χ1) is 16.1. The van der Waals surface area contributed by atoms with E-state index in [1.54, 1.807) is 36.7 Å². The van der Waals surface area contributed by atoms with E-state index in [0.717, 1.165) is 16.9 Å². The van der Waals surface area contributed by atoms with Crippen molar-refractivity contribution in [2.24, 2.45) is 0 Å². The molecular formula is C25H21N5O3. The van der Waals surface area contributed by atoms with Crippen molar-refractivity contribution in [1.29, 1.82) is 0 Å². The number of hydrogen-bond acceptors (Lipinski definition) is 6. The molecule has 0 bridgehead atoms. The molecule has 1 aliphatic heterocycles. The van der Waals surface area contributed by atoms with Crippen LogP contribution in [0.25, 0.3) is 11.3 Å². The van der Waals surface area contributed by atoms with E-state index in [4.69, 9.17) is 10.5 Å². The first kappa shape index (κ1) is 20.3. The van der Waals surface area contributed by atoms with Crippen LogP contribution in [0, 0.1) is 0 Å². The number of amides is 1. The van der Waals surface area contributed by atoms with Crippen LogP contribution in [0.15, 0.2) is 79.1 Å². The van der Waals surface area contributed by atoms with Gasteiger partial charge in [-0.2, -0.15) is 0 Å². The predicted octanol–water partition coefficient (Wildman–Crippen LogP) is 4.60. The number of carbonyl (C=O) groups excluding carboxylic acids is 2. The molecule has 164 valence electrons. The molecule has 8 nitrogen and oxygen atoms in total. The van der Waals surface area contributed by atoms with Gasteiger partial charge in [0.25, 0.3) is 0 Å². The summed E-state index contributed by atoms with van der Waals surface area (Å²) in [6, 6.07) is 19.9. The van der Waals surface area contributed by atoms with Crippen LogP contribution in [0.4, 0.5) is 21.9 Å². The summed E-state index contributed by atoms with van der Waals surface area (Å²) >= 11 is 0. The molecule has 0 spiro atoms. The molecule has 5 rings (SSSR count). The van der Waals surface area contributed by atoms with Crippen LogP contribution in [-0.4, -0.2) is 33.3 Å². The number of anilines is 3. The normalized spacial score (nSPS) is 12.8. The van der Waals surface area contributed by atoms with Crippen LogP contribution in [-0.2, 0) is 6.54 Å². The number of para-hydroxylation sites is 1. The summed E-state index contributed by atoms with van der Waals surface area (Å²) in [6.07, 6.45) is 2.79. The fourth-order valence-electron chi connectivity index (χ4n) is 3.83. The summed E-state index contributed by atoms with van der Waals surface area (Å²) in [6.45, 7) is 0.126. The first-order valence-electron chi connectivity index (χ1n) is 10.4. The van der Waals surface area contributed by atoms with Crippen LogP contribution in [0.5, 0.6) is 5.75 Å². The zero-order chi connectivity index (χ0) is 22.8. The lowest BCUT2D eigenvalue weighted by molar-refractivity contribution is 0.0884. The van der Waals surface area contributed by atoms with E-state index in [1.165, 1.54) is 4.90 Å². The van der Waals surface area contributed by atoms with Gasteiger partial charge in [0, 0.05) is 35.0 Å². The Morgan fingerprint density at radius 1 is 1.00 bits per heavy atom. The highest BCUT2D eigenvalue weighted by Crippen LogP contribution is 2.38. The fraction of sp³-hybridized carbons (Fsp3) is 0.0800. The number of aromatic nitrogens is 2. The molecule has 2 aromatic carbocycles. The Labute approximate surface area is 190 Å². The standard InChI is InChI=1S/C25H21N5O3/c26-17-6-8-19(9-7-17)33-25(32)30-14-20-22(21(31)15-30)24(28-18-4-2-1-3-5-18)23(29-20)16-10-12-27-13-11-16/h1-13,28-29H,14-15,26H2. The number of fused-ring (bicyclic) bond motifs is 1. The molecular weight excluding hydrogens is 418 g/mol. The highest BCUT2D eigenvalue weighted by atomic mass is 16.6. The van der Waals surface area contributed by atoms with Crippen LogP contribution in [0.1, 0.15) is 16.1 Å². The fourth-order valence-corrected chi connectivity index (χ4v) is 3.83. The molecule has 0 fully saturated rings. The third kappa shape index (κ3) is 4.14. The number of benzene rings is 2. The van der Waals surface area contributed by atoms with E-state index in [1.807, 2.05) is 42.5 Å². The molecule has 2 aromatic heterocycles. The molecule has 0 atom stereocenters. The lowest BCUT2D eigenvalue weighted by Crippen LogP contribution is -2.41. The third-order valence-electron chi connectivity index (χ3n) is 5.40. The van der Waals surface area contributed by atoms with Crippen molar-refractivity contribution in [3.63, 3.8) is 0 Å². The Kier molecular flexibility index (Phi) is 5.24. The van der Waals surface area contributed by atoms with Gasteiger partial charge >= 0.3 is 6.09 Å². The SMILES string of the molecule is Nc1ccc(OC(=O)N2CC(=O)c3c([nH]c(-c4ccncc4)c3Nc3ccccc3)C2)cc1. The number of ether oxygens (including phenoxy) is 1. The minimum Gasteiger partial charge on any atom is -0.410 e. The van der Waals surface area contributed by atoms with Gasteiger partial charge in [0.05, 0.1) is 30.0 Å². The number of rotatable bonds is 4. The Hall–Kier alpha value is -4.59. The highest BCUT2D eigenvalue weighted by molar-refractivity contribution is 6.09. The quantitative estimate of drug-likeness (QED) is 0.401. The first-order valence-corrected chi connectivity index (χ1v) is 10.4. The van der Waals surface area contributed by atoms with Crippen molar-refractivity contribution in [3.8, 4) is 17.0 Å². The zero-order valence-corrected chi connectivity index (χ0v) is 17.6. The number of ketones is 1. The van der Waals surface area contributed by atoms with Crippen LogP contribution < -0.4 is 15.8 Å². The van der Waals surface area contributed by atoms with Gasteiger partial charge in [-0.25, -0.2) is 4.79 Å². The Morgan fingerprint density at radius 2 is 1.73 bits per heavy atom. The van der Waals surface area contributed by atoms with Crippen LogP contribution >= 0.6 is 0 Å². The highest BCUT2D eigenvalue weighted by Gasteiger charge is 2.33. The lowest BCUT2D eigenvalue weighted by Gasteiger charge is -2.25. The molecule has 0 saturated carbocycles. The Morgan fingerprint density at radius 3 is 2.45 bits per heavy atom. The largest absolute Gasteiger partial charge is 0.416 e. The van der Waals surface area contributed by atoms with E-state index in [9.17, 15) is 9.59 Å². The van der Waals surface area contributed by atoms with E-state index < -0.39 is 6.09 Å². The monoisotopic (exact) mass is 439 g/mol. The Bertz CT molecular complexity index is 1300. The molecule has 0 aliphatic carbocycles. The average Bonchev–Trinajstić information content (AvgIpc) is 3.20. The second-order valence-corrected chi connectivity index (χ2v) is 7.67. The molecule has 1 aliphatic rings. The average molecular weight is 439 g/mol. The smallest absolute Gasteiger partial charge is 0.410 e. The van der Waals surface area contributed by atoms with E-state index in [2.05, 4.69) is 15.3 Å². The molecule has 8 heteroatoms. The van der Waals surface area contributed by atoms with Gasteiger partial charge in [-0.1, -0.05) is 18.2 Å². The lowest BCUT2D eigenvalue weighted by atomic mass is 10.0. The molecule has 0 saturated heterocycles. The van der Waals surface area contributed by atoms with Crippen molar-refractivity contribution < 1.29 is 14.3 Å². The minimum atomic E-state index is -0.601. The van der Waals surface area contributed by atoms with Crippen molar-refractivity contribution in [3.05, 3.63) is 90.4 Å². The third-order valence-corrected chi connectivity index (χ3v) is 5.40. The second kappa shape index (κ2) is 8.51. The summed E-state index contributed by atoms with van der Waals surface area (Å²) < 4.78 is 5.43. The molecule has 33 heavy (non-hydrogen) atoms. The van der Waals surface area contributed by atoms with Gasteiger partial charge in [-0.15, -0.1) is 0 Å². The molecule has 1 amide bonds. The summed E-state index contributed by atoms with van der Waals surface area (Å²) in [5.41, 5.74) is 10.6. The van der Waals surface area contributed by atoms with Gasteiger partial charge in [-0.3, -0.25) is 14.7 Å². The van der Waals surface area contributed by atoms with Gasteiger partial charge < -0.3 is 20.8 Å². The molecule has 4 aromatic rings. The number of pyridine rings is 1. The van der Waals surface area contributed by atoms with Crippen molar-refractivity contribution in [2.75, 3.05) is 17.6 Å². The summed E-state index contributed by atoms with van der Waals surface area (Å²) in [5.74, 6) is 0.184. The number of H-pyrrole nitrogens is 1. The Balaban J connectivity index is 1.48. The van der Waals surface area contributed by atoms with Gasteiger partial charge in [0.1, 0.15) is 5.75 Å². The van der Waals surface area contributed by atoms with Gasteiger partial charge in [0.2, 0.25) is 0 Å². The van der Waals surface area contributed by atoms with Crippen molar-refractivity contribution in [1.82, 2.24) is 14.9 Å². The van der Waals surface area contributed by atoms with E-state index >= 15 is 0 Å². The van der Waals surface area contributed by atoms with Gasteiger partial charge in [-0.05, 0) is 48.5 Å². The zero-order valence-electron chi connectivity index (χ0n) is 17.6. The van der Waals surface area contributed by atoms with Crippen molar-refractivity contribution >= 4 is 28.9 Å². The molecule has 0 unspecified atom stereocenters. The predicted molar refractivity (Wildman–Crippen MR) is 125 cm³/mol. The minimum absolute atomic E-state index is 0.0854. The maximum absolute atomic E-state index is 13.2. The molecule has 3 heterocycles. The summed E-state index contributed by atoms with van der Waals surface area (Å²) in [7, 11) is 0. The summed E-state index contributed by atoms with van der Waals surface area (Å²) in [5, 5.41) is 3.38. The van der Waals surface area contributed by atoms with E-state index in [0.29, 0.717) is 28.4 Å². The van der Waals surface area contributed by atoms with Crippen LogP contribution in [0.3, 0.4) is 0 Å². The van der Waals surface area contributed by atoms with Crippen molar-refractivity contribution in [2.45, 2.75) is 6.54 Å². The second-order valence-electron chi connectivity index (χ2n) is 7.67. The number of nitrogens with one attached hydrogen (secondary N) is 2. The maximum Gasteiger partial charge on any atom is 0.416 e. The van der Waals surface area contributed by atoms with E-state index in [-0.39, 0.29) is 18.9 Å². The number of nitrogens with two attached hydrogens (primary N) is 1. The number of nitrogen functional groups attached to an aromatic ring is 1. The number of aromatic amines is 1. The number of carbonyl (C=O) groups is 2.